The van der Waals surface area contributed by atoms with Gasteiger partial charge in [0.05, 0.1) is 11.5 Å². The highest BCUT2D eigenvalue weighted by Crippen LogP contribution is 2.33. The minimum absolute atomic E-state index is 0.146. The van der Waals surface area contributed by atoms with Crippen molar-refractivity contribution in [3.05, 3.63) is 39.8 Å². The number of amides is 1. The smallest absolute Gasteiger partial charge is 0.305 e. The summed E-state index contributed by atoms with van der Waals surface area (Å²) in [6, 6.07) is 7.32. The van der Waals surface area contributed by atoms with Crippen LogP contribution in [-0.4, -0.2) is 34.2 Å². The summed E-state index contributed by atoms with van der Waals surface area (Å²) >= 11 is 12.6. The normalized spacial score (nSPS) is 16.1. The molecule has 1 aromatic rings. The van der Waals surface area contributed by atoms with Crippen LogP contribution in [0.3, 0.4) is 0 Å². The molecule has 0 aliphatic carbocycles. The highest BCUT2D eigenvalue weighted by Gasteiger charge is 2.31. The maximum absolute atomic E-state index is 12.5. The van der Waals surface area contributed by atoms with Crippen molar-refractivity contribution in [2.24, 2.45) is 0 Å². The van der Waals surface area contributed by atoms with E-state index in [9.17, 15) is 9.59 Å². The van der Waals surface area contributed by atoms with E-state index in [1.807, 2.05) is 25.1 Å². The van der Waals surface area contributed by atoms with E-state index in [-0.39, 0.29) is 18.3 Å². The number of esters is 1. The molecule has 0 atom stereocenters. The molecule has 1 saturated heterocycles. The first-order valence-electron chi connectivity index (χ1n) is 7.68. The van der Waals surface area contributed by atoms with Gasteiger partial charge in [-0.1, -0.05) is 60.7 Å². The van der Waals surface area contributed by atoms with Gasteiger partial charge in [0.15, 0.2) is 0 Å². The van der Waals surface area contributed by atoms with Crippen LogP contribution in [0.2, 0.25) is 5.02 Å². The van der Waals surface area contributed by atoms with Crippen LogP contribution in [0, 0.1) is 0 Å². The van der Waals surface area contributed by atoms with Crippen LogP contribution in [-0.2, 0) is 14.3 Å². The van der Waals surface area contributed by atoms with Crippen molar-refractivity contribution in [2.45, 2.75) is 26.2 Å². The summed E-state index contributed by atoms with van der Waals surface area (Å²) in [5.74, 6) is -0.388. The second kappa shape index (κ2) is 9.20. The van der Waals surface area contributed by atoms with E-state index in [1.165, 1.54) is 16.7 Å². The summed E-state index contributed by atoms with van der Waals surface area (Å²) in [6.45, 7) is 2.78. The molecular formula is C17H18ClNO3S2. The van der Waals surface area contributed by atoms with Crippen molar-refractivity contribution in [1.29, 1.82) is 0 Å². The summed E-state index contributed by atoms with van der Waals surface area (Å²) in [4.78, 5) is 26.0. The van der Waals surface area contributed by atoms with Gasteiger partial charge in [0.2, 0.25) is 0 Å². The molecule has 24 heavy (non-hydrogen) atoms. The van der Waals surface area contributed by atoms with Crippen LogP contribution in [0.25, 0.3) is 6.08 Å². The van der Waals surface area contributed by atoms with Gasteiger partial charge in [0.1, 0.15) is 4.32 Å². The lowest BCUT2D eigenvalue weighted by atomic mass is 10.2. The predicted octanol–water partition coefficient (Wildman–Crippen LogP) is 4.27. The van der Waals surface area contributed by atoms with E-state index < -0.39 is 0 Å². The minimum Gasteiger partial charge on any atom is -0.466 e. The quantitative estimate of drug-likeness (QED) is 0.399. The molecule has 2 rings (SSSR count). The summed E-state index contributed by atoms with van der Waals surface area (Å²) < 4.78 is 5.52. The third-order valence-corrected chi connectivity index (χ3v) is 5.02. The van der Waals surface area contributed by atoms with Gasteiger partial charge in [-0.3, -0.25) is 14.5 Å². The fourth-order valence-electron chi connectivity index (χ4n) is 2.10. The first-order valence-corrected chi connectivity index (χ1v) is 9.28. The van der Waals surface area contributed by atoms with Gasteiger partial charge < -0.3 is 4.74 Å². The highest BCUT2D eigenvalue weighted by molar-refractivity contribution is 8.26. The molecule has 1 aliphatic heterocycles. The molecule has 128 valence electrons. The van der Waals surface area contributed by atoms with E-state index in [2.05, 4.69) is 0 Å². The topological polar surface area (TPSA) is 46.6 Å². The number of benzene rings is 1. The number of carbonyl (C=O) groups excluding carboxylic acids is 2. The monoisotopic (exact) mass is 383 g/mol. The molecule has 7 heteroatoms. The Kier molecular flexibility index (Phi) is 7.27. The van der Waals surface area contributed by atoms with Crippen LogP contribution < -0.4 is 0 Å². The first kappa shape index (κ1) is 19.0. The van der Waals surface area contributed by atoms with Crippen LogP contribution in [0.5, 0.6) is 0 Å². The molecule has 0 bridgehead atoms. The zero-order valence-electron chi connectivity index (χ0n) is 13.3. The molecule has 0 unspecified atom stereocenters. The van der Waals surface area contributed by atoms with Crippen molar-refractivity contribution in [3.8, 4) is 0 Å². The second-order valence-corrected chi connectivity index (χ2v) is 7.26. The van der Waals surface area contributed by atoms with E-state index in [4.69, 9.17) is 28.6 Å². The molecule has 0 N–H and O–H groups in total. The summed E-state index contributed by atoms with van der Waals surface area (Å²) in [7, 11) is 0. The summed E-state index contributed by atoms with van der Waals surface area (Å²) in [6.07, 6.45) is 3.35. The number of rotatable bonds is 7. The van der Waals surface area contributed by atoms with Crippen LogP contribution in [0.15, 0.2) is 29.2 Å². The molecular weight excluding hydrogens is 366 g/mol. The number of hydrogen-bond acceptors (Lipinski definition) is 5. The van der Waals surface area contributed by atoms with Crippen LogP contribution >= 0.6 is 35.6 Å². The molecule has 1 aliphatic rings. The molecule has 0 spiro atoms. The second-order valence-electron chi connectivity index (χ2n) is 5.18. The van der Waals surface area contributed by atoms with Crippen molar-refractivity contribution in [2.75, 3.05) is 13.2 Å². The third-order valence-electron chi connectivity index (χ3n) is 3.30. The third kappa shape index (κ3) is 5.06. The molecule has 1 amide bonds. The van der Waals surface area contributed by atoms with Crippen molar-refractivity contribution in [1.82, 2.24) is 4.90 Å². The lowest BCUT2D eigenvalue weighted by Gasteiger charge is -2.13. The summed E-state index contributed by atoms with van der Waals surface area (Å²) in [5.41, 5.74) is 0.780. The average molecular weight is 384 g/mol. The number of thiocarbonyl (C=S) groups is 1. The largest absolute Gasteiger partial charge is 0.466 e. The van der Waals surface area contributed by atoms with Crippen LogP contribution in [0.1, 0.15) is 31.7 Å². The van der Waals surface area contributed by atoms with E-state index in [0.717, 1.165) is 12.0 Å². The Labute approximate surface area is 156 Å². The number of carbonyl (C=O) groups is 2. The van der Waals surface area contributed by atoms with Gasteiger partial charge in [0, 0.05) is 18.0 Å². The van der Waals surface area contributed by atoms with E-state index in [0.29, 0.717) is 33.8 Å². The SMILES string of the molecule is CCCOC(=O)CCCN1C(=O)/C(=C/c2ccccc2Cl)SC1=S. The minimum atomic E-state index is -0.242. The Balaban J connectivity index is 1.94. The standard InChI is InChI=1S/C17H18ClNO3S2/c1-2-10-22-15(20)8-5-9-19-16(21)14(24-17(19)23)11-12-6-3-4-7-13(12)18/h3-4,6-7,11H,2,5,8-10H2,1H3/b14-11-. The van der Waals surface area contributed by atoms with Gasteiger partial charge in [-0.2, -0.15) is 0 Å². The fraction of sp³-hybridized carbons (Fsp3) is 0.353. The van der Waals surface area contributed by atoms with Gasteiger partial charge in [-0.15, -0.1) is 0 Å². The Morgan fingerprint density at radius 3 is 2.88 bits per heavy atom. The number of thioether (sulfide) groups is 1. The Hall–Kier alpha value is -1.37. The van der Waals surface area contributed by atoms with E-state index >= 15 is 0 Å². The maximum Gasteiger partial charge on any atom is 0.305 e. The Bertz CT molecular complexity index is 676. The summed E-state index contributed by atoms with van der Waals surface area (Å²) in [5, 5.41) is 0.585. The molecule has 1 heterocycles. The van der Waals surface area contributed by atoms with Crippen LogP contribution in [0.4, 0.5) is 0 Å². The lowest BCUT2D eigenvalue weighted by molar-refractivity contribution is -0.144. The molecule has 0 radical (unpaired) electrons. The molecule has 1 aromatic carbocycles. The number of halogens is 1. The molecule has 1 fully saturated rings. The van der Waals surface area contributed by atoms with Crippen molar-refractivity contribution >= 4 is 57.9 Å². The van der Waals surface area contributed by atoms with Crippen molar-refractivity contribution in [3.63, 3.8) is 0 Å². The number of nitrogens with zero attached hydrogens (tertiary/aromatic N) is 1. The zero-order chi connectivity index (χ0) is 17.5. The maximum atomic E-state index is 12.5. The Morgan fingerprint density at radius 1 is 1.42 bits per heavy atom. The van der Waals surface area contributed by atoms with Gasteiger partial charge in [-0.05, 0) is 30.5 Å². The average Bonchev–Trinajstić information content (AvgIpc) is 2.82. The molecule has 4 nitrogen and oxygen atoms in total. The molecule has 0 aromatic heterocycles. The zero-order valence-corrected chi connectivity index (χ0v) is 15.7. The predicted molar refractivity (Wildman–Crippen MR) is 102 cm³/mol. The highest BCUT2D eigenvalue weighted by atomic mass is 35.5. The number of ether oxygens (including phenoxy) is 1. The Morgan fingerprint density at radius 2 is 2.17 bits per heavy atom. The van der Waals surface area contributed by atoms with Crippen molar-refractivity contribution < 1.29 is 14.3 Å². The van der Waals surface area contributed by atoms with Gasteiger partial charge in [0.25, 0.3) is 5.91 Å². The van der Waals surface area contributed by atoms with Gasteiger partial charge >= 0.3 is 5.97 Å². The lowest BCUT2D eigenvalue weighted by Crippen LogP contribution is -2.29. The number of hydrogen-bond donors (Lipinski definition) is 0. The van der Waals surface area contributed by atoms with Gasteiger partial charge in [-0.25, -0.2) is 0 Å². The molecule has 0 saturated carbocycles. The fourth-order valence-corrected chi connectivity index (χ4v) is 3.59. The van der Waals surface area contributed by atoms with E-state index in [1.54, 1.807) is 12.1 Å². The first-order chi connectivity index (χ1) is 11.5.